The summed E-state index contributed by atoms with van der Waals surface area (Å²) in [6, 6.07) is 0. The first-order valence-electron chi connectivity index (χ1n) is 3.45. The van der Waals surface area contributed by atoms with Gasteiger partial charge in [0.1, 0.15) is 0 Å². The van der Waals surface area contributed by atoms with Gasteiger partial charge >= 0.3 is 0 Å². The van der Waals surface area contributed by atoms with Gasteiger partial charge in [-0.25, -0.2) is 0 Å². The predicted octanol–water partition coefficient (Wildman–Crippen LogP) is 1.17. The molecule has 0 heterocycles. The summed E-state index contributed by atoms with van der Waals surface area (Å²) in [6.45, 7) is 1.82. The van der Waals surface area contributed by atoms with E-state index in [2.05, 4.69) is 11.8 Å². The molecule has 0 aromatic carbocycles. The van der Waals surface area contributed by atoms with Gasteiger partial charge in [0, 0.05) is 5.92 Å². The molecule has 0 spiro atoms. The summed E-state index contributed by atoms with van der Waals surface area (Å²) >= 11 is 0. The number of hydrogen-bond donors (Lipinski definition) is 1. The molecule has 1 fully saturated rings. The minimum Gasteiger partial charge on any atom is -0.392 e. The lowest BCUT2D eigenvalue weighted by Gasteiger charge is -2.04. The zero-order chi connectivity index (χ0) is 6.69. The van der Waals surface area contributed by atoms with Crippen LogP contribution in [0.4, 0.5) is 0 Å². The average molecular weight is 124 g/mol. The second kappa shape index (κ2) is 2.89. The minimum atomic E-state index is -0.141. The quantitative estimate of drug-likeness (QED) is 0.481. The van der Waals surface area contributed by atoms with Gasteiger partial charge in [-0.3, -0.25) is 0 Å². The fourth-order valence-electron chi connectivity index (χ4n) is 1.29. The lowest BCUT2D eigenvalue weighted by atomic mass is 10.1. The van der Waals surface area contributed by atoms with Crippen LogP contribution in [0.2, 0.25) is 0 Å². The van der Waals surface area contributed by atoms with E-state index in [1.165, 1.54) is 0 Å². The van der Waals surface area contributed by atoms with Gasteiger partial charge in [-0.05, 0) is 26.2 Å². The molecule has 0 amide bonds. The van der Waals surface area contributed by atoms with E-state index in [-0.39, 0.29) is 12.0 Å². The summed E-state index contributed by atoms with van der Waals surface area (Å²) < 4.78 is 0. The van der Waals surface area contributed by atoms with Crippen LogP contribution in [-0.4, -0.2) is 11.2 Å². The van der Waals surface area contributed by atoms with Gasteiger partial charge in [0.05, 0.1) is 6.10 Å². The van der Waals surface area contributed by atoms with Crippen molar-refractivity contribution in [2.75, 3.05) is 0 Å². The van der Waals surface area contributed by atoms with Crippen LogP contribution in [0.5, 0.6) is 0 Å². The SMILES string of the molecule is CC#C[C@@H]1CCC[C@H]1O. The summed E-state index contributed by atoms with van der Waals surface area (Å²) in [5.74, 6) is 6.10. The Balaban J connectivity index is 2.46. The van der Waals surface area contributed by atoms with E-state index in [1.807, 2.05) is 6.92 Å². The van der Waals surface area contributed by atoms with Crippen LogP contribution >= 0.6 is 0 Å². The lowest BCUT2D eigenvalue weighted by Crippen LogP contribution is -2.10. The maximum Gasteiger partial charge on any atom is 0.0677 e. The number of hydrogen-bond acceptors (Lipinski definition) is 1. The summed E-state index contributed by atoms with van der Waals surface area (Å²) in [4.78, 5) is 0. The van der Waals surface area contributed by atoms with Crippen molar-refractivity contribution in [3.8, 4) is 11.8 Å². The molecular weight excluding hydrogens is 112 g/mol. The Kier molecular flexibility index (Phi) is 2.13. The third-order valence-electron chi connectivity index (χ3n) is 1.81. The van der Waals surface area contributed by atoms with Crippen molar-refractivity contribution >= 4 is 0 Å². The van der Waals surface area contributed by atoms with Crippen LogP contribution in [0.3, 0.4) is 0 Å². The van der Waals surface area contributed by atoms with Crippen molar-refractivity contribution in [1.82, 2.24) is 0 Å². The molecule has 1 aliphatic rings. The molecule has 0 aliphatic heterocycles. The molecule has 0 aromatic rings. The maximum absolute atomic E-state index is 9.22. The first-order chi connectivity index (χ1) is 4.34. The van der Waals surface area contributed by atoms with Gasteiger partial charge in [0.2, 0.25) is 0 Å². The predicted molar refractivity (Wildman–Crippen MR) is 36.8 cm³/mol. The van der Waals surface area contributed by atoms with E-state index < -0.39 is 0 Å². The van der Waals surface area contributed by atoms with Gasteiger partial charge < -0.3 is 5.11 Å². The van der Waals surface area contributed by atoms with E-state index in [4.69, 9.17) is 0 Å². The third-order valence-corrected chi connectivity index (χ3v) is 1.81. The van der Waals surface area contributed by atoms with Gasteiger partial charge in [0.15, 0.2) is 0 Å². The Labute approximate surface area is 56.1 Å². The van der Waals surface area contributed by atoms with Crippen molar-refractivity contribution in [3.63, 3.8) is 0 Å². The monoisotopic (exact) mass is 124 g/mol. The van der Waals surface area contributed by atoms with Crippen molar-refractivity contribution in [3.05, 3.63) is 0 Å². The van der Waals surface area contributed by atoms with Crippen LogP contribution in [0.1, 0.15) is 26.2 Å². The topological polar surface area (TPSA) is 20.2 Å². The van der Waals surface area contributed by atoms with Gasteiger partial charge in [-0.15, -0.1) is 5.92 Å². The van der Waals surface area contributed by atoms with Crippen LogP contribution < -0.4 is 0 Å². The van der Waals surface area contributed by atoms with Crippen LogP contribution in [-0.2, 0) is 0 Å². The van der Waals surface area contributed by atoms with E-state index in [9.17, 15) is 5.11 Å². The molecule has 1 saturated carbocycles. The van der Waals surface area contributed by atoms with E-state index in [0.717, 1.165) is 19.3 Å². The summed E-state index contributed by atoms with van der Waals surface area (Å²) in [6.07, 6.45) is 3.03. The molecular formula is C8H12O. The largest absolute Gasteiger partial charge is 0.392 e. The highest BCUT2D eigenvalue weighted by molar-refractivity contribution is 5.05. The van der Waals surface area contributed by atoms with Crippen molar-refractivity contribution < 1.29 is 5.11 Å². The van der Waals surface area contributed by atoms with Crippen molar-refractivity contribution in [1.29, 1.82) is 0 Å². The van der Waals surface area contributed by atoms with E-state index >= 15 is 0 Å². The number of rotatable bonds is 0. The Morgan fingerprint density at radius 1 is 1.44 bits per heavy atom. The van der Waals surface area contributed by atoms with Crippen molar-refractivity contribution in [2.45, 2.75) is 32.3 Å². The highest BCUT2D eigenvalue weighted by Gasteiger charge is 2.22. The second-order valence-electron chi connectivity index (χ2n) is 2.50. The molecule has 1 nitrogen and oxygen atoms in total. The zero-order valence-electron chi connectivity index (χ0n) is 5.72. The normalized spacial score (nSPS) is 33.6. The Hall–Kier alpha value is -0.480. The van der Waals surface area contributed by atoms with Gasteiger partial charge in [0.25, 0.3) is 0 Å². The molecule has 1 heteroatoms. The van der Waals surface area contributed by atoms with Crippen LogP contribution in [0.15, 0.2) is 0 Å². The van der Waals surface area contributed by atoms with Crippen LogP contribution in [0.25, 0.3) is 0 Å². The van der Waals surface area contributed by atoms with Crippen molar-refractivity contribution in [2.24, 2.45) is 5.92 Å². The molecule has 50 valence electrons. The highest BCUT2D eigenvalue weighted by atomic mass is 16.3. The first kappa shape index (κ1) is 6.64. The molecule has 2 atom stereocenters. The number of aliphatic hydroxyl groups excluding tert-OH is 1. The molecule has 0 aromatic heterocycles. The fraction of sp³-hybridized carbons (Fsp3) is 0.750. The van der Waals surface area contributed by atoms with E-state index in [1.54, 1.807) is 0 Å². The fourth-order valence-corrected chi connectivity index (χ4v) is 1.29. The molecule has 1 aliphatic carbocycles. The first-order valence-corrected chi connectivity index (χ1v) is 3.45. The smallest absolute Gasteiger partial charge is 0.0677 e. The summed E-state index contributed by atoms with van der Waals surface area (Å²) in [5, 5.41) is 9.22. The van der Waals surface area contributed by atoms with Gasteiger partial charge in [-0.1, -0.05) is 5.92 Å². The van der Waals surface area contributed by atoms with E-state index in [0.29, 0.717) is 0 Å². The molecule has 0 saturated heterocycles. The molecule has 0 unspecified atom stereocenters. The Bertz CT molecular complexity index is 140. The number of aliphatic hydroxyl groups is 1. The Morgan fingerprint density at radius 3 is 2.67 bits per heavy atom. The molecule has 1 rings (SSSR count). The molecule has 1 N–H and O–H groups in total. The van der Waals surface area contributed by atoms with Crippen LogP contribution in [0, 0.1) is 17.8 Å². The second-order valence-corrected chi connectivity index (χ2v) is 2.50. The Morgan fingerprint density at radius 2 is 2.22 bits per heavy atom. The summed E-state index contributed by atoms with van der Waals surface area (Å²) in [7, 11) is 0. The summed E-state index contributed by atoms with van der Waals surface area (Å²) in [5.41, 5.74) is 0. The minimum absolute atomic E-state index is 0.141. The molecule has 9 heavy (non-hydrogen) atoms. The molecule has 0 bridgehead atoms. The third kappa shape index (κ3) is 1.46. The zero-order valence-corrected chi connectivity index (χ0v) is 5.72. The maximum atomic E-state index is 9.22. The molecule has 0 radical (unpaired) electrons. The lowest BCUT2D eigenvalue weighted by molar-refractivity contribution is 0.157. The van der Waals surface area contributed by atoms with Gasteiger partial charge in [-0.2, -0.15) is 0 Å². The highest BCUT2D eigenvalue weighted by Crippen LogP contribution is 2.24. The average Bonchev–Trinajstić information content (AvgIpc) is 2.18. The standard InChI is InChI=1S/C8H12O/c1-2-4-7-5-3-6-8(7)9/h7-9H,3,5-6H2,1H3/t7-,8-/m1/s1.